The van der Waals surface area contributed by atoms with Crippen molar-refractivity contribution < 1.29 is 34.6 Å². The summed E-state index contributed by atoms with van der Waals surface area (Å²) in [5, 5.41) is 1.97. The van der Waals surface area contributed by atoms with Gasteiger partial charge in [-0.15, -0.1) is 0 Å². The molecule has 0 N–H and O–H groups in total. The Morgan fingerprint density at radius 1 is 0.500 bits per heavy atom. The van der Waals surface area contributed by atoms with Gasteiger partial charge in [-0.05, 0) is 141 Å². The fourth-order valence-electron chi connectivity index (χ4n) is 10.8. The predicted molar refractivity (Wildman–Crippen MR) is 356 cm³/mol. The van der Waals surface area contributed by atoms with Crippen LogP contribution in [0.1, 0.15) is 72.8 Å². The van der Waals surface area contributed by atoms with Crippen molar-refractivity contribution in [1.29, 1.82) is 0 Å². The number of pyridine rings is 2. The molecule has 0 aliphatic carbocycles. The fraction of sp³-hybridized carbons (Fsp3) is 0.303. The van der Waals surface area contributed by atoms with Crippen LogP contribution < -0.4 is 15.3 Å². The number of aromatic nitrogens is 2. The Balaban J connectivity index is 0.000000186. The Morgan fingerprint density at radius 2 is 0.898 bits per heavy atom. The molecule has 0 bridgehead atoms. The Hall–Kier alpha value is -4.92. The molecule has 88 heavy (non-hydrogen) atoms. The Bertz CT molecular complexity index is 4230. The third kappa shape index (κ3) is 16.4. The smallest absolute Gasteiger partial charge is 0.376 e. The van der Waals surface area contributed by atoms with Gasteiger partial charge in [-0.2, -0.15) is 21.6 Å². The van der Waals surface area contributed by atoms with E-state index >= 15 is 0 Å². The van der Waals surface area contributed by atoms with Crippen molar-refractivity contribution in [2.24, 2.45) is 0 Å². The number of alkyl halides is 3. The van der Waals surface area contributed by atoms with Crippen LogP contribution in [0.3, 0.4) is 0 Å². The van der Waals surface area contributed by atoms with Crippen LogP contribution in [0.2, 0.25) is 45.0 Å². The summed E-state index contributed by atoms with van der Waals surface area (Å²) in [4.78, 5) is 38.8. The average molecular weight is 1450 g/mol. The molecular weight excluding hydrogens is 1390 g/mol. The molecule has 10 rings (SSSR count). The first-order chi connectivity index (χ1) is 41.0. The van der Waals surface area contributed by atoms with Gasteiger partial charge in [0.05, 0.1) is 52.5 Å². The van der Waals surface area contributed by atoms with Gasteiger partial charge in [-0.3, -0.25) is 23.6 Å². The number of para-hydroxylation sites is 2. The molecule has 0 radical (unpaired) electrons. The second-order valence-corrected chi connectivity index (χ2v) is 42.9. The van der Waals surface area contributed by atoms with Crippen molar-refractivity contribution in [3.63, 3.8) is 0 Å². The second-order valence-electron chi connectivity index (χ2n) is 24.6. The normalized spacial score (nSPS) is 14.7. The van der Waals surface area contributed by atoms with Crippen LogP contribution in [0.5, 0.6) is 5.75 Å². The summed E-state index contributed by atoms with van der Waals surface area (Å²) in [6.07, 6.45) is 6.73. The van der Waals surface area contributed by atoms with Gasteiger partial charge in [0.15, 0.2) is 0 Å². The molecule has 0 unspecified atom stereocenters. The van der Waals surface area contributed by atoms with Crippen LogP contribution in [0.4, 0.5) is 22.0 Å². The third-order valence-electron chi connectivity index (χ3n) is 15.0. The Labute approximate surface area is 543 Å². The first-order valence-electron chi connectivity index (χ1n) is 28.1. The van der Waals surface area contributed by atoms with Crippen LogP contribution in [-0.2, 0) is 10.1 Å². The van der Waals surface area contributed by atoms with Gasteiger partial charge in [0.1, 0.15) is 17.4 Å². The molecular formula is C66H65Cl6F5N4O5SSn. The van der Waals surface area contributed by atoms with Gasteiger partial charge in [0.25, 0.3) is 11.1 Å². The van der Waals surface area contributed by atoms with Crippen LogP contribution in [0, 0.1) is 11.6 Å². The summed E-state index contributed by atoms with van der Waals surface area (Å²) in [6, 6.07) is 28.8. The number of rotatable bonds is 8. The monoisotopic (exact) mass is 1450 g/mol. The maximum atomic E-state index is 13.9. The van der Waals surface area contributed by atoms with E-state index in [1.54, 1.807) is 40.5 Å². The van der Waals surface area contributed by atoms with Gasteiger partial charge >= 0.3 is 116 Å². The first kappa shape index (κ1) is 69.0. The Kier molecular flexibility index (Phi) is 21.6. The number of hydrogen-bond acceptors (Lipinski definition) is 7. The minimum atomic E-state index is -6.07. The molecule has 0 spiro atoms. The van der Waals surface area contributed by atoms with Gasteiger partial charge in [-0.1, -0.05) is 93.4 Å². The molecule has 2 saturated heterocycles. The van der Waals surface area contributed by atoms with E-state index in [2.05, 4.69) is 80.5 Å². The van der Waals surface area contributed by atoms with Crippen molar-refractivity contribution in [3.8, 4) is 39.4 Å². The summed E-state index contributed by atoms with van der Waals surface area (Å²) in [5.74, 6) is -1.88. The van der Waals surface area contributed by atoms with E-state index in [1.807, 2.05) is 12.1 Å². The number of likely N-dealkylation sites (tertiary alicyclic amines) is 2. The number of fused-ring (bicyclic) bond motifs is 2. The van der Waals surface area contributed by atoms with Crippen LogP contribution in [0.15, 0.2) is 146 Å². The zero-order valence-electron chi connectivity index (χ0n) is 49.8. The molecule has 0 atom stereocenters. The number of piperidine rings is 2. The molecule has 4 heterocycles. The average Bonchev–Trinajstić information content (AvgIpc) is 0.895. The summed E-state index contributed by atoms with van der Waals surface area (Å²) in [5.41, 5.74) is 0.452. The number of halogens is 11. The van der Waals surface area contributed by atoms with Crippen LogP contribution in [-0.4, -0.2) is 88.5 Å². The van der Waals surface area contributed by atoms with Gasteiger partial charge in [-0.25, -0.2) is 8.78 Å². The number of nitrogens with zero attached hydrogens (tertiary/aromatic N) is 4. The molecule has 2 fully saturated rings. The molecule has 9 nitrogen and oxygen atoms in total. The maximum absolute atomic E-state index is 13.9. The van der Waals surface area contributed by atoms with Gasteiger partial charge < -0.3 is 4.18 Å². The topological polar surface area (TPSA) is 93.8 Å². The molecule has 8 aromatic rings. The first-order valence-corrected chi connectivity index (χ1v) is 42.0. The van der Waals surface area contributed by atoms with Crippen molar-refractivity contribution in [3.05, 3.63) is 205 Å². The molecule has 2 aromatic heterocycles. The SMILES string of the molecule is CC(C)(C)N1CCC(=Cc2cc(-c3ccc(F)cc3Cl)c3ccc(=O)n(-c4c(Cl)cccc4Cl)c3c2)CC1.CC(C)(C)N1CCC(=[CH][Sn]([CH3])([CH3])[CH3])CC1.O=c1ccc2c(-c3ccc(F)cc3Cl)cc(OS(=O)(=O)C(F)(F)F)cc2n1-c1c(Cl)cccc1Cl. The van der Waals surface area contributed by atoms with E-state index in [4.69, 9.17) is 69.6 Å². The van der Waals surface area contributed by atoms with Crippen LogP contribution in [0.25, 0.3) is 61.5 Å². The molecule has 2 aliphatic rings. The van der Waals surface area contributed by atoms with Crippen molar-refractivity contribution in [2.45, 2.75) is 98.6 Å². The largest absolute Gasteiger partial charge is 0.534 e. The zero-order valence-corrected chi connectivity index (χ0v) is 58.0. The van der Waals surface area contributed by atoms with Crippen molar-refractivity contribution >= 4 is 126 Å². The molecule has 22 heteroatoms. The third-order valence-corrected chi connectivity index (χ3v) is 21.5. The van der Waals surface area contributed by atoms with E-state index in [1.165, 1.54) is 80.0 Å². The van der Waals surface area contributed by atoms with E-state index in [0.29, 0.717) is 37.4 Å². The van der Waals surface area contributed by atoms with Crippen LogP contribution >= 0.6 is 69.6 Å². The maximum Gasteiger partial charge on any atom is 0.534 e. The van der Waals surface area contributed by atoms with Gasteiger partial charge in [0.2, 0.25) is 0 Å². The summed E-state index contributed by atoms with van der Waals surface area (Å²) in [6.45, 7) is 18.2. The predicted octanol–water partition coefficient (Wildman–Crippen LogP) is 19.7. The number of benzene rings is 6. The fourth-order valence-corrected chi connectivity index (χ4v) is 17.2. The molecule has 6 aromatic carbocycles. The van der Waals surface area contributed by atoms with E-state index in [0.717, 1.165) is 77.3 Å². The van der Waals surface area contributed by atoms with Crippen molar-refractivity contribution in [2.75, 3.05) is 26.2 Å². The summed E-state index contributed by atoms with van der Waals surface area (Å²) in [7, 11) is -6.07. The Morgan fingerprint density at radius 3 is 1.28 bits per heavy atom. The van der Waals surface area contributed by atoms with Crippen molar-refractivity contribution in [1.82, 2.24) is 18.9 Å². The van der Waals surface area contributed by atoms with Gasteiger partial charge in [0, 0.05) is 58.7 Å². The minimum absolute atomic E-state index is 0.00147. The molecule has 466 valence electrons. The minimum Gasteiger partial charge on any atom is -0.376 e. The van der Waals surface area contributed by atoms with E-state index in [-0.39, 0.29) is 53.9 Å². The molecule has 2 aliphatic heterocycles. The standard InChI is InChI=1S/C31H28Cl3FN2O.C22H10Cl3F4NO4S.C10H18N.3CH3.Sn/c1-31(2,3)36-13-11-19(12-14-36)15-20-16-24(22-8-7-21(35)18-27(22)34)23-9-10-29(38)37(28(23)17-20)30-25(32)5-4-6-26(30)33;23-16-2-1-3-17(24)21(16)30-19-10-12(34-35(32,33)22(27,28)29)9-15(14(19)6-7-20(30)31)13-5-4-11(26)8-18(13)25;1-9-5-7-11(8-6-9)10(2,3)4;;;;/h4-10,15-18H,11-14H2,1-3H3;1-10H;1H,5-8H2,2-4H3;3*1H3;. The quantitative estimate of drug-likeness (QED) is 0.0647. The van der Waals surface area contributed by atoms with E-state index in [9.17, 15) is 40.0 Å². The molecule has 0 amide bonds. The summed E-state index contributed by atoms with van der Waals surface area (Å²) < 4.78 is 99.6. The number of hydrogen-bond donors (Lipinski definition) is 0. The molecule has 0 saturated carbocycles. The second kappa shape index (κ2) is 27.5. The zero-order chi connectivity index (χ0) is 64.6. The van der Waals surface area contributed by atoms with E-state index < -0.39 is 56.9 Å². The summed E-state index contributed by atoms with van der Waals surface area (Å²) >= 11 is 36.7.